The van der Waals surface area contributed by atoms with Crippen molar-refractivity contribution in [2.45, 2.75) is 46.1 Å². The van der Waals surface area contributed by atoms with Gasteiger partial charge in [-0.25, -0.2) is 4.98 Å². The van der Waals surface area contributed by atoms with Crippen LogP contribution < -0.4 is 5.56 Å². The van der Waals surface area contributed by atoms with E-state index in [-0.39, 0.29) is 5.56 Å². The normalized spacial score (nSPS) is 18.8. The van der Waals surface area contributed by atoms with Crippen LogP contribution in [0.15, 0.2) is 16.4 Å². The first kappa shape index (κ1) is 17.9. The lowest BCUT2D eigenvalue weighted by Gasteiger charge is -2.33. The second-order valence-corrected chi connectivity index (χ2v) is 8.85. The van der Waals surface area contributed by atoms with Crippen molar-refractivity contribution in [2.75, 3.05) is 32.7 Å². The minimum atomic E-state index is 0.0617. The molecule has 26 heavy (non-hydrogen) atoms. The number of hydrogen-bond donors (Lipinski definition) is 1. The van der Waals surface area contributed by atoms with Crippen LogP contribution in [-0.4, -0.2) is 52.5 Å². The lowest BCUT2D eigenvalue weighted by Crippen LogP contribution is -2.46. The van der Waals surface area contributed by atoms with E-state index >= 15 is 0 Å². The first-order chi connectivity index (χ1) is 12.6. The van der Waals surface area contributed by atoms with Gasteiger partial charge in [-0.05, 0) is 45.1 Å². The number of nitrogens with one attached hydrogen (secondary N) is 1. The summed E-state index contributed by atoms with van der Waals surface area (Å²) in [6.07, 6.45) is 6.87. The Bertz CT molecular complexity index is 870. The first-order valence-electron chi connectivity index (χ1n) is 9.71. The summed E-state index contributed by atoms with van der Waals surface area (Å²) < 4.78 is 0. The molecule has 1 aliphatic heterocycles. The third-order valence-corrected chi connectivity index (χ3v) is 6.66. The molecular formula is C20H28N4OS. The number of hydrogen-bond acceptors (Lipinski definition) is 5. The van der Waals surface area contributed by atoms with Gasteiger partial charge in [0.05, 0.1) is 11.9 Å². The number of aromatic nitrogens is 2. The number of nitrogens with zero attached hydrogens (tertiary/aromatic N) is 3. The molecule has 2 aromatic rings. The van der Waals surface area contributed by atoms with Crippen LogP contribution >= 0.6 is 11.3 Å². The van der Waals surface area contributed by atoms with Gasteiger partial charge < -0.3 is 4.98 Å². The second-order valence-electron chi connectivity index (χ2n) is 7.76. The fraction of sp³-hybridized carbons (Fsp3) is 0.600. The number of allylic oxidation sites excluding steroid dienone is 1. The predicted octanol–water partition coefficient (Wildman–Crippen LogP) is 2.95. The van der Waals surface area contributed by atoms with Crippen molar-refractivity contribution < 1.29 is 0 Å². The number of H-pyrrole nitrogens is 1. The quantitative estimate of drug-likeness (QED) is 0.839. The molecule has 2 aliphatic rings. The van der Waals surface area contributed by atoms with E-state index in [0.717, 1.165) is 68.2 Å². The van der Waals surface area contributed by atoms with Crippen molar-refractivity contribution in [3.8, 4) is 0 Å². The van der Waals surface area contributed by atoms with E-state index in [1.54, 1.807) is 11.3 Å². The zero-order chi connectivity index (χ0) is 18.1. The van der Waals surface area contributed by atoms with Gasteiger partial charge in [0.15, 0.2) is 0 Å². The number of aromatic amines is 1. The van der Waals surface area contributed by atoms with Gasteiger partial charge in [0.1, 0.15) is 10.7 Å². The third-order valence-electron chi connectivity index (χ3n) is 5.47. The highest BCUT2D eigenvalue weighted by Crippen LogP contribution is 2.33. The molecule has 140 valence electrons. The molecular weight excluding hydrogens is 344 g/mol. The molecule has 0 saturated carbocycles. The summed E-state index contributed by atoms with van der Waals surface area (Å²) in [5, 5.41) is 0.861. The van der Waals surface area contributed by atoms with Gasteiger partial charge in [0, 0.05) is 37.6 Å². The number of thiophene rings is 1. The van der Waals surface area contributed by atoms with Crippen LogP contribution in [0.5, 0.6) is 0 Å². The molecule has 0 atom stereocenters. The predicted molar refractivity (Wildman–Crippen MR) is 108 cm³/mol. The van der Waals surface area contributed by atoms with Crippen molar-refractivity contribution in [3.63, 3.8) is 0 Å². The number of rotatable bonds is 4. The fourth-order valence-electron chi connectivity index (χ4n) is 3.94. The van der Waals surface area contributed by atoms with Crippen molar-refractivity contribution in [2.24, 2.45) is 0 Å². The van der Waals surface area contributed by atoms with Crippen molar-refractivity contribution >= 4 is 21.6 Å². The van der Waals surface area contributed by atoms with Crippen LogP contribution in [-0.2, 0) is 19.4 Å². The van der Waals surface area contributed by atoms with Crippen LogP contribution in [0, 0.1) is 0 Å². The summed E-state index contributed by atoms with van der Waals surface area (Å²) in [7, 11) is 0. The molecule has 1 fully saturated rings. The smallest absolute Gasteiger partial charge is 0.259 e. The molecule has 1 aliphatic carbocycles. The van der Waals surface area contributed by atoms with Gasteiger partial charge in [-0.3, -0.25) is 14.6 Å². The zero-order valence-electron chi connectivity index (χ0n) is 15.8. The summed E-state index contributed by atoms with van der Waals surface area (Å²) in [5.74, 6) is 0.818. The molecule has 4 rings (SSSR count). The molecule has 0 bridgehead atoms. The minimum Gasteiger partial charge on any atom is -0.309 e. The zero-order valence-corrected chi connectivity index (χ0v) is 16.6. The SMILES string of the molecule is CC(C)=CCN1CCN(Cc2nc3sc4c(c3c(=O)[nH]2)CCCC4)CC1. The summed E-state index contributed by atoms with van der Waals surface area (Å²) in [6.45, 7) is 10.3. The van der Waals surface area contributed by atoms with Gasteiger partial charge in [0.25, 0.3) is 5.56 Å². The standard InChI is InChI=1S/C20H28N4OS/c1-14(2)7-8-23-9-11-24(12-10-23)13-17-21-19(25)18-15-5-3-4-6-16(15)26-20(18)22-17/h7H,3-6,8-13H2,1-2H3,(H,21,22,25). The maximum Gasteiger partial charge on any atom is 0.259 e. The second kappa shape index (κ2) is 7.62. The number of fused-ring (bicyclic) bond motifs is 3. The number of aryl methyl sites for hydroxylation is 2. The maximum absolute atomic E-state index is 12.7. The van der Waals surface area contributed by atoms with Gasteiger partial charge >= 0.3 is 0 Å². The topological polar surface area (TPSA) is 52.2 Å². The molecule has 1 saturated heterocycles. The number of piperazine rings is 1. The molecule has 0 aromatic carbocycles. The Labute approximate surface area is 158 Å². The fourth-order valence-corrected chi connectivity index (χ4v) is 5.22. The average molecular weight is 373 g/mol. The van der Waals surface area contributed by atoms with Crippen LogP contribution in [0.25, 0.3) is 10.2 Å². The van der Waals surface area contributed by atoms with Crippen molar-refractivity contribution in [1.82, 2.24) is 19.8 Å². The highest BCUT2D eigenvalue weighted by molar-refractivity contribution is 7.18. The van der Waals surface area contributed by atoms with E-state index in [2.05, 4.69) is 34.7 Å². The van der Waals surface area contributed by atoms with Crippen LogP contribution in [0.1, 0.15) is 43.0 Å². The highest BCUT2D eigenvalue weighted by Gasteiger charge is 2.21. The monoisotopic (exact) mass is 372 g/mol. The molecule has 6 heteroatoms. The third kappa shape index (κ3) is 3.77. The van der Waals surface area contributed by atoms with Crippen LogP contribution in [0.3, 0.4) is 0 Å². The molecule has 0 spiro atoms. The van der Waals surface area contributed by atoms with E-state index in [9.17, 15) is 4.79 Å². The van der Waals surface area contributed by atoms with Crippen molar-refractivity contribution in [3.05, 3.63) is 38.3 Å². The van der Waals surface area contributed by atoms with Crippen LogP contribution in [0.4, 0.5) is 0 Å². The van der Waals surface area contributed by atoms with Gasteiger partial charge in [-0.2, -0.15) is 0 Å². The molecule has 1 N–H and O–H groups in total. The van der Waals surface area contributed by atoms with E-state index in [1.807, 2.05) is 0 Å². The van der Waals surface area contributed by atoms with Crippen LogP contribution in [0.2, 0.25) is 0 Å². The lowest BCUT2D eigenvalue weighted by molar-refractivity contribution is 0.134. The van der Waals surface area contributed by atoms with E-state index < -0.39 is 0 Å². The van der Waals surface area contributed by atoms with Crippen molar-refractivity contribution in [1.29, 1.82) is 0 Å². The molecule has 0 radical (unpaired) electrons. The van der Waals surface area contributed by atoms with E-state index in [1.165, 1.54) is 28.9 Å². The molecule has 5 nitrogen and oxygen atoms in total. The lowest BCUT2D eigenvalue weighted by atomic mass is 9.97. The van der Waals surface area contributed by atoms with Gasteiger partial charge in [-0.15, -0.1) is 11.3 Å². The Morgan fingerprint density at radius 2 is 1.88 bits per heavy atom. The maximum atomic E-state index is 12.7. The molecule has 3 heterocycles. The summed E-state index contributed by atoms with van der Waals surface area (Å²) >= 11 is 1.74. The Kier molecular flexibility index (Phi) is 5.25. The largest absolute Gasteiger partial charge is 0.309 e. The molecule has 2 aromatic heterocycles. The molecule has 0 unspecified atom stereocenters. The average Bonchev–Trinajstić information content (AvgIpc) is 3.00. The summed E-state index contributed by atoms with van der Waals surface area (Å²) in [6, 6.07) is 0. The molecule has 0 amide bonds. The summed E-state index contributed by atoms with van der Waals surface area (Å²) in [4.78, 5) is 27.7. The first-order valence-corrected chi connectivity index (χ1v) is 10.5. The Morgan fingerprint density at radius 1 is 1.15 bits per heavy atom. The Morgan fingerprint density at radius 3 is 2.65 bits per heavy atom. The highest BCUT2D eigenvalue weighted by atomic mass is 32.1. The Balaban J connectivity index is 1.45. The Hall–Kier alpha value is -1.50. The van der Waals surface area contributed by atoms with Gasteiger partial charge in [-0.1, -0.05) is 11.6 Å². The van der Waals surface area contributed by atoms with Gasteiger partial charge in [0.2, 0.25) is 0 Å². The minimum absolute atomic E-state index is 0.0617. The van der Waals surface area contributed by atoms with E-state index in [0.29, 0.717) is 0 Å². The van der Waals surface area contributed by atoms with E-state index in [4.69, 9.17) is 4.98 Å². The summed E-state index contributed by atoms with van der Waals surface area (Å²) in [5.41, 5.74) is 2.71.